The molecule has 168 valence electrons. The molecule has 0 N–H and O–H groups in total. The lowest BCUT2D eigenvalue weighted by molar-refractivity contribution is 0.637. The summed E-state index contributed by atoms with van der Waals surface area (Å²) in [5, 5.41) is 9.94. The topological polar surface area (TPSA) is 61.4 Å². The number of benzene rings is 4. The molecule has 0 aliphatic carbocycles. The second kappa shape index (κ2) is 6.31. The Hall–Kier alpha value is -5.10. The molecular weight excluding hydrogens is 448 g/mol. The first-order valence-corrected chi connectivity index (χ1v) is 11.9. The molecule has 9 aromatic rings. The molecule has 5 aromatic heterocycles. The minimum absolute atomic E-state index is 0.641. The summed E-state index contributed by atoms with van der Waals surface area (Å²) in [6.07, 6.45) is 1.74. The van der Waals surface area contributed by atoms with E-state index in [4.69, 9.17) is 13.8 Å². The standard InChI is InChI=1S/C30H16N4O2/c1-3-9-21-17(7-1)19-14-15-20-18-8-2-4-11-23(18)35-29(20)28(19)33(21)22-10-5-12-24-26(22)27-30(36-24)34-25(32-27)13-6-16-31-34/h1-16H. The molecule has 0 aliphatic rings. The number of hydrogen-bond donors (Lipinski definition) is 0. The van der Waals surface area contributed by atoms with Crippen LogP contribution in [0.3, 0.4) is 0 Å². The van der Waals surface area contributed by atoms with Crippen molar-refractivity contribution in [2.75, 3.05) is 0 Å². The molecule has 4 aromatic carbocycles. The Morgan fingerprint density at radius 2 is 1.47 bits per heavy atom. The zero-order valence-electron chi connectivity index (χ0n) is 18.8. The maximum Gasteiger partial charge on any atom is 0.249 e. The molecule has 0 unspecified atom stereocenters. The molecule has 0 bridgehead atoms. The van der Waals surface area contributed by atoms with Crippen LogP contribution in [0, 0.1) is 0 Å². The van der Waals surface area contributed by atoms with Gasteiger partial charge >= 0.3 is 0 Å². The van der Waals surface area contributed by atoms with E-state index in [1.54, 1.807) is 10.7 Å². The molecule has 0 saturated heterocycles. The van der Waals surface area contributed by atoms with Crippen molar-refractivity contribution in [3.8, 4) is 5.69 Å². The maximum absolute atomic E-state index is 6.51. The fourth-order valence-electron chi connectivity index (χ4n) is 5.74. The highest BCUT2D eigenvalue weighted by Crippen LogP contribution is 2.42. The van der Waals surface area contributed by atoms with Crippen LogP contribution in [0.2, 0.25) is 0 Å². The quantitative estimate of drug-likeness (QED) is 0.251. The van der Waals surface area contributed by atoms with Crippen LogP contribution >= 0.6 is 0 Å². The summed E-state index contributed by atoms with van der Waals surface area (Å²) in [5.74, 6) is 0. The van der Waals surface area contributed by atoms with Crippen LogP contribution in [0.15, 0.2) is 106 Å². The molecule has 0 radical (unpaired) electrons. The zero-order chi connectivity index (χ0) is 23.4. The minimum atomic E-state index is 0.641. The van der Waals surface area contributed by atoms with E-state index in [0.717, 1.165) is 66.2 Å². The van der Waals surface area contributed by atoms with Crippen molar-refractivity contribution in [2.24, 2.45) is 0 Å². The summed E-state index contributed by atoms with van der Waals surface area (Å²) < 4.78 is 16.9. The van der Waals surface area contributed by atoms with Crippen molar-refractivity contribution in [2.45, 2.75) is 0 Å². The van der Waals surface area contributed by atoms with Gasteiger partial charge in [0.1, 0.15) is 16.7 Å². The molecule has 0 spiro atoms. The van der Waals surface area contributed by atoms with Gasteiger partial charge in [-0.2, -0.15) is 9.61 Å². The van der Waals surface area contributed by atoms with Crippen LogP contribution < -0.4 is 0 Å². The fraction of sp³-hybridized carbons (Fsp3) is 0. The van der Waals surface area contributed by atoms with Gasteiger partial charge in [0.05, 0.1) is 22.1 Å². The molecule has 0 atom stereocenters. The van der Waals surface area contributed by atoms with Gasteiger partial charge in [-0.1, -0.05) is 48.5 Å². The SMILES string of the molecule is c1ccc2c(c1)oc1c2ccc2c3ccccc3n(-c3cccc4oc5c(nc6cccnn65)c34)c21. The molecule has 9 rings (SSSR count). The number of aromatic nitrogens is 4. The van der Waals surface area contributed by atoms with Crippen molar-refractivity contribution in [1.82, 2.24) is 19.2 Å². The van der Waals surface area contributed by atoms with E-state index in [-0.39, 0.29) is 0 Å². The van der Waals surface area contributed by atoms with Crippen molar-refractivity contribution in [3.63, 3.8) is 0 Å². The van der Waals surface area contributed by atoms with Gasteiger partial charge in [0, 0.05) is 27.7 Å². The minimum Gasteiger partial charge on any atom is -0.454 e. The zero-order valence-corrected chi connectivity index (χ0v) is 18.8. The summed E-state index contributed by atoms with van der Waals surface area (Å²) >= 11 is 0. The average molecular weight is 464 g/mol. The predicted molar refractivity (Wildman–Crippen MR) is 142 cm³/mol. The normalized spacial score (nSPS) is 12.4. The van der Waals surface area contributed by atoms with Crippen LogP contribution in [0.1, 0.15) is 0 Å². The van der Waals surface area contributed by atoms with Gasteiger partial charge in [0.2, 0.25) is 5.71 Å². The molecule has 0 amide bonds. The lowest BCUT2D eigenvalue weighted by Gasteiger charge is -2.09. The van der Waals surface area contributed by atoms with E-state index in [2.05, 4.69) is 64.3 Å². The first kappa shape index (κ1) is 18.3. The number of rotatable bonds is 1. The third-order valence-electron chi connectivity index (χ3n) is 7.22. The Morgan fingerprint density at radius 3 is 2.44 bits per heavy atom. The predicted octanol–water partition coefficient (Wildman–Crippen LogP) is 7.63. The smallest absolute Gasteiger partial charge is 0.249 e. The second-order valence-corrected chi connectivity index (χ2v) is 9.10. The van der Waals surface area contributed by atoms with Gasteiger partial charge in [-0.15, -0.1) is 0 Å². The molecule has 5 heterocycles. The van der Waals surface area contributed by atoms with Gasteiger partial charge in [-0.05, 0) is 42.5 Å². The number of imidazole rings is 1. The maximum atomic E-state index is 6.51. The largest absolute Gasteiger partial charge is 0.454 e. The highest BCUT2D eigenvalue weighted by atomic mass is 16.3. The molecule has 0 fully saturated rings. The summed E-state index contributed by atoms with van der Waals surface area (Å²) in [5.41, 5.74) is 7.85. The van der Waals surface area contributed by atoms with Crippen molar-refractivity contribution < 1.29 is 8.83 Å². The molecule has 0 aliphatic heterocycles. The fourth-order valence-corrected chi connectivity index (χ4v) is 5.74. The first-order valence-electron chi connectivity index (χ1n) is 11.9. The summed E-state index contributed by atoms with van der Waals surface area (Å²) in [6, 6.07) is 31.0. The summed E-state index contributed by atoms with van der Waals surface area (Å²) in [6.45, 7) is 0. The van der Waals surface area contributed by atoms with Gasteiger partial charge in [0.25, 0.3) is 0 Å². The highest BCUT2D eigenvalue weighted by Gasteiger charge is 2.23. The second-order valence-electron chi connectivity index (χ2n) is 9.10. The van der Waals surface area contributed by atoms with Crippen molar-refractivity contribution in [3.05, 3.63) is 97.2 Å². The van der Waals surface area contributed by atoms with E-state index in [0.29, 0.717) is 5.71 Å². The molecule has 36 heavy (non-hydrogen) atoms. The molecule has 6 heteroatoms. The first-order chi connectivity index (χ1) is 17.9. The van der Waals surface area contributed by atoms with Gasteiger partial charge in [0.15, 0.2) is 11.2 Å². The number of hydrogen-bond acceptors (Lipinski definition) is 4. The monoisotopic (exact) mass is 464 g/mol. The van der Waals surface area contributed by atoms with Gasteiger partial charge in [-0.3, -0.25) is 0 Å². The lowest BCUT2D eigenvalue weighted by atomic mass is 10.1. The Kier molecular flexibility index (Phi) is 3.20. The van der Waals surface area contributed by atoms with E-state index in [9.17, 15) is 0 Å². The summed E-state index contributed by atoms with van der Waals surface area (Å²) in [7, 11) is 0. The van der Waals surface area contributed by atoms with Gasteiger partial charge < -0.3 is 13.4 Å². The number of para-hydroxylation sites is 2. The molecule has 0 saturated carbocycles. The van der Waals surface area contributed by atoms with Crippen LogP contribution in [0.25, 0.3) is 77.3 Å². The van der Waals surface area contributed by atoms with Crippen LogP contribution in [-0.2, 0) is 0 Å². The van der Waals surface area contributed by atoms with E-state index < -0.39 is 0 Å². The van der Waals surface area contributed by atoms with Crippen molar-refractivity contribution >= 4 is 71.6 Å². The number of nitrogens with zero attached hydrogens (tertiary/aromatic N) is 4. The van der Waals surface area contributed by atoms with E-state index in [1.807, 2.05) is 36.4 Å². The highest BCUT2D eigenvalue weighted by molar-refractivity contribution is 6.22. The van der Waals surface area contributed by atoms with E-state index in [1.165, 1.54) is 5.39 Å². The van der Waals surface area contributed by atoms with Crippen LogP contribution in [0.5, 0.6) is 0 Å². The average Bonchev–Trinajstić information content (AvgIpc) is 3.66. The molecule has 6 nitrogen and oxygen atoms in total. The van der Waals surface area contributed by atoms with Gasteiger partial charge in [-0.25, -0.2) is 4.98 Å². The third-order valence-corrected chi connectivity index (χ3v) is 7.22. The van der Waals surface area contributed by atoms with Crippen molar-refractivity contribution in [1.29, 1.82) is 0 Å². The van der Waals surface area contributed by atoms with E-state index >= 15 is 0 Å². The van der Waals surface area contributed by atoms with Crippen LogP contribution in [0.4, 0.5) is 0 Å². The number of fused-ring (bicyclic) bond motifs is 12. The Bertz CT molecular complexity index is 2330. The lowest BCUT2D eigenvalue weighted by Crippen LogP contribution is -1.95. The Morgan fingerprint density at radius 1 is 0.639 bits per heavy atom. The summed E-state index contributed by atoms with van der Waals surface area (Å²) in [4.78, 5) is 4.90. The Balaban J connectivity index is 1.53. The van der Waals surface area contributed by atoms with Crippen LogP contribution in [-0.4, -0.2) is 19.2 Å². The number of furan rings is 2. The third kappa shape index (κ3) is 2.12. The Labute approximate surface area is 202 Å². The molecular formula is C30H16N4O2.